The van der Waals surface area contributed by atoms with Gasteiger partial charge in [-0.3, -0.25) is 9.59 Å². The summed E-state index contributed by atoms with van der Waals surface area (Å²) in [6.45, 7) is 3.80. The number of allylic oxidation sites excluding steroid dienone is 1. The highest BCUT2D eigenvalue weighted by Gasteiger charge is 2.52. The molecule has 0 bridgehead atoms. The largest absolute Gasteiger partial charge is 0.499 e. The first-order chi connectivity index (χ1) is 10.5. The van der Waals surface area contributed by atoms with E-state index in [4.69, 9.17) is 18.9 Å². The molecule has 4 atom stereocenters. The summed E-state index contributed by atoms with van der Waals surface area (Å²) in [5.41, 5.74) is 0. The van der Waals surface area contributed by atoms with Gasteiger partial charge in [-0.25, -0.2) is 4.79 Å². The number of ether oxygens (including phenoxy) is 4. The molecule has 122 valence electrons. The van der Waals surface area contributed by atoms with E-state index in [9.17, 15) is 14.4 Å². The molecule has 1 heterocycles. The molecule has 1 aliphatic carbocycles. The smallest absolute Gasteiger partial charge is 0.332 e. The zero-order chi connectivity index (χ0) is 16.3. The van der Waals surface area contributed by atoms with E-state index in [1.54, 1.807) is 13.0 Å². The van der Waals surface area contributed by atoms with Crippen molar-refractivity contribution in [1.82, 2.24) is 0 Å². The van der Waals surface area contributed by atoms with Crippen LogP contribution in [0.15, 0.2) is 11.8 Å². The quantitative estimate of drug-likeness (QED) is 0.530. The van der Waals surface area contributed by atoms with Gasteiger partial charge in [-0.1, -0.05) is 0 Å². The molecule has 0 aromatic rings. The first kappa shape index (κ1) is 16.5. The lowest BCUT2D eigenvalue weighted by molar-refractivity contribution is -0.159. The Kier molecular flexibility index (Phi) is 5.18. The molecule has 0 N–H and O–H groups in total. The summed E-state index contributed by atoms with van der Waals surface area (Å²) in [4.78, 5) is 35.3. The number of carbonyl (C=O) groups excluding carboxylic acids is 3. The Bertz CT molecular complexity index is 496. The van der Waals surface area contributed by atoms with Gasteiger partial charge in [0.1, 0.15) is 12.7 Å². The van der Waals surface area contributed by atoms with Crippen molar-refractivity contribution in [2.45, 2.75) is 26.4 Å². The molecule has 0 radical (unpaired) electrons. The van der Waals surface area contributed by atoms with Gasteiger partial charge >= 0.3 is 17.9 Å². The summed E-state index contributed by atoms with van der Waals surface area (Å²) in [7, 11) is 1.39. The van der Waals surface area contributed by atoms with Gasteiger partial charge in [0.25, 0.3) is 0 Å². The molecule has 2 aliphatic rings. The fraction of sp³-hybridized carbons (Fsp3) is 0.667. The lowest BCUT2D eigenvalue weighted by atomic mass is 9.74. The zero-order valence-electron chi connectivity index (χ0n) is 12.9. The van der Waals surface area contributed by atoms with Crippen LogP contribution in [0, 0.1) is 17.8 Å². The molecule has 0 aromatic heterocycles. The van der Waals surface area contributed by atoms with Crippen molar-refractivity contribution in [2.24, 2.45) is 17.8 Å². The number of hydrogen-bond donors (Lipinski definition) is 0. The molecule has 2 rings (SSSR count). The van der Waals surface area contributed by atoms with E-state index >= 15 is 0 Å². The number of hydrogen-bond acceptors (Lipinski definition) is 7. The third-order valence-electron chi connectivity index (χ3n) is 3.87. The normalized spacial score (nSPS) is 28.5. The van der Waals surface area contributed by atoms with Crippen molar-refractivity contribution >= 4 is 17.9 Å². The highest BCUT2D eigenvalue weighted by atomic mass is 16.6. The summed E-state index contributed by atoms with van der Waals surface area (Å²) in [6, 6.07) is 0. The molecule has 0 amide bonds. The van der Waals surface area contributed by atoms with Gasteiger partial charge in [-0.15, -0.1) is 0 Å². The van der Waals surface area contributed by atoms with Crippen LogP contribution < -0.4 is 0 Å². The second-order valence-corrected chi connectivity index (χ2v) is 5.35. The second-order valence-electron chi connectivity index (χ2n) is 5.35. The average molecular weight is 312 g/mol. The predicted octanol–water partition coefficient (Wildman–Crippen LogP) is 0.821. The third-order valence-corrected chi connectivity index (χ3v) is 3.87. The van der Waals surface area contributed by atoms with Crippen molar-refractivity contribution in [3.8, 4) is 0 Å². The van der Waals surface area contributed by atoms with E-state index in [-0.39, 0.29) is 6.61 Å². The van der Waals surface area contributed by atoms with Crippen LogP contribution >= 0.6 is 0 Å². The summed E-state index contributed by atoms with van der Waals surface area (Å²) < 4.78 is 20.2. The highest BCUT2D eigenvalue weighted by molar-refractivity contribution is 5.97. The highest BCUT2D eigenvalue weighted by Crippen LogP contribution is 2.42. The average Bonchev–Trinajstić information content (AvgIpc) is 2.74. The Balaban J connectivity index is 2.20. The van der Waals surface area contributed by atoms with Crippen LogP contribution in [0.4, 0.5) is 0 Å². The number of methoxy groups -OCH3 is 1. The van der Waals surface area contributed by atoms with E-state index < -0.39 is 41.8 Å². The van der Waals surface area contributed by atoms with E-state index in [0.29, 0.717) is 18.8 Å². The van der Waals surface area contributed by atoms with Crippen LogP contribution in [0.2, 0.25) is 0 Å². The Morgan fingerprint density at radius 2 is 2.14 bits per heavy atom. The van der Waals surface area contributed by atoms with Gasteiger partial charge in [-0.2, -0.15) is 0 Å². The lowest BCUT2D eigenvalue weighted by Crippen LogP contribution is -2.38. The van der Waals surface area contributed by atoms with Gasteiger partial charge in [0, 0.05) is 19.4 Å². The SMILES string of the molecule is CCOC1=C[C@H](C(C)OC(=O)COC)[C@@H]2C(=O)OC(=O)[C@@H]2C1. The zero-order valence-corrected chi connectivity index (χ0v) is 12.9. The van der Waals surface area contributed by atoms with Crippen molar-refractivity contribution in [1.29, 1.82) is 0 Å². The number of esters is 3. The molecule has 1 saturated heterocycles. The Labute approximate surface area is 128 Å². The van der Waals surface area contributed by atoms with Crippen LogP contribution in [-0.2, 0) is 33.3 Å². The second kappa shape index (κ2) is 6.91. The molecule has 0 spiro atoms. The Morgan fingerprint density at radius 3 is 2.77 bits per heavy atom. The predicted molar refractivity (Wildman–Crippen MR) is 73.3 cm³/mol. The Morgan fingerprint density at radius 1 is 1.41 bits per heavy atom. The van der Waals surface area contributed by atoms with Gasteiger partial charge in [0.15, 0.2) is 0 Å². The van der Waals surface area contributed by atoms with Crippen molar-refractivity contribution in [3.05, 3.63) is 11.8 Å². The molecule has 1 fully saturated rings. The van der Waals surface area contributed by atoms with Crippen LogP contribution in [0.3, 0.4) is 0 Å². The van der Waals surface area contributed by atoms with Crippen LogP contribution in [0.5, 0.6) is 0 Å². The molecule has 22 heavy (non-hydrogen) atoms. The maximum Gasteiger partial charge on any atom is 0.332 e. The van der Waals surface area contributed by atoms with Gasteiger partial charge < -0.3 is 18.9 Å². The maximum atomic E-state index is 11.9. The summed E-state index contributed by atoms with van der Waals surface area (Å²) in [5, 5.41) is 0. The molecule has 0 saturated carbocycles. The summed E-state index contributed by atoms with van der Waals surface area (Å²) in [5.74, 6) is -2.69. The molecule has 1 aliphatic heterocycles. The molecule has 1 unspecified atom stereocenters. The maximum absolute atomic E-state index is 11.9. The third kappa shape index (κ3) is 3.30. The monoisotopic (exact) mass is 312 g/mol. The fourth-order valence-corrected chi connectivity index (χ4v) is 2.95. The molecular weight excluding hydrogens is 292 g/mol. The molecule has 0 aromatic carbocycles. The molecular formula is C15H20O7. The molecule has 7 nitrogen and oxygen atoms in total. The van der Waals surface area contributed by atoms with Gasteiger partial charge in [0.05, 0.1) is 24.2 Å². The number of rotatable bonds is 6. The van der Waals surface area contributed by atoms with Crippen LogP contribution in [-0.4, -0.2) is 44.3 Å². The fourth-order valence-electron chi connectivity index (χ4n) is 2.95. The summed E-state index contributed by atoms with van der Waals surface area (Å²) >= 11 is 0. The van der Waals surface area contributed by atoms with E-state index in [1.165, 1.54) is 7.11 Å². The minimum Gasteiger partial charge on any atom is -0.499 e. The summed E-state index contributed by atoms with van der Waals surface area (Å²) in [6.07, 6.45) is 1.50. The van der Waals surface area contributed by atoms with Gasteiger partial charge in [-0.05, 0) is 19.9 Å². The van der Waals surface area contributed by atoms with Crippen molar-refractivity contribution < 1.29 is 33.3 Å². The number of cyclic esters (lactones) is 2. The first-order valence-electron chi connectivity index (χ1n) is 7.25. The number of carbonyl (C=O) groups is 3. The van der Waals surface area contributed by atoms with E-state index in [2.05, 4.69) is 0 Å². The number of fused-ring (bicyclic) bond motifs is 1. The van der Waals surface area contributed by atoms with Crippen molar-refractivity contribution in [2.75, 3.05) is 20.3 Å². The Hall–Kier alpha value is -1.89. The van der Waals surface area contributed by atoms with E-state index in [0.717, 1.165) is 0 Å². The standard InChI is InChI=1S/C15H20O7/c1-4-20-9-5-10(8(2)21-12(16)7-19-3)13-11(6-9)14(17)22-15(13)18/h5,8,10-11,13H,4,6-7H2,1-3H3/t8?,10-,11-,13+/m1/s1. The van der Waals surface area contributed by atoms with Gasteiger partial charge in [0.2, 0.25) is 0 Å². The minimum absolute atomic E-state index is 0.170. The minimum atomic E-state index is -0.637. The first-order valence-corrected chi connectivity index (χ1v) is 7.25. The van der Waals surface area contributed by atoms with E-state index in [1.807, 2.05) is 6.92 Å². The van der Waals surface area contributed by atoms with Crippen molar-refractivity contribution in [3.63, 3.8) is 0 Å². The van der Waals surface area contributed by atoms with Crippen LogP contribution in [0.25, 0.3) is 0 Å². The topological polar surface area (TPSA) is 88.1 Å². The lowest BCUT2D eigenvalue weighted by Gasteiger charge is -2.31. The van der Waals surface area contributed by atoms with Crippen LogP contribution in [0.1, 0.15) is 20.3 Å². The molecule has 7 heteroatoms.